The van der Waals surface area contributed by atoms with E-state index in [2.05, 4.69) is 4.74 Å². The fourth-order valence-electron chi connectivity index (χ4n) is 1.66. The molecular weight excluding hydrogens is 269 g/mol. The maximum atomic E-state index is 13.1. The van der Waals surface area contributed by atoms with E-state index in [-0.39, 0.29) is 5.56 Å². The van der Waals surface area contributed by atoms with Crippen LogP contribution in [-0.4, -0.2) is 18.5 Å². The number of hydrogen-bond donors (Lipinski definition) is 0. The average molecular weight is 281 g/mol. The summed E-state index contributed by atoms with van der Waals surface area (Å²) in [6.07, 6.45) is -4.93. The first-order valence-electron chi connectivity index (χ1n) is 5.06. The normalized spacial score (nSPS) is 15.3. The molecule has 0 spiro atoms. The number of methoxy groups -OCH3 is 1. The predicted molar refractivity (Wildman–Crippen MR) is 61.5 cm³/mol. The van der Waals surface area contributed by atoms with Crippen LogP contribution in [0.4, 0.5) is 13.2 Å². The molecule has 0 fully saturated rings. The minimum Gasteiger partial charge on any atom is -0.357 e. The Morgan fingerprint density at radius 3 is 2.11 bits per heavy atom. The van der Waals surface area contributed by atoms with Gasteiger partial charge in [0, 0.05) is 12.7 Å². The van der Waals surface area contributed by atoms with E-state index in [1.165, 1.54) is 18.2 Å². The van der Waals surface area contributed by atoms with Crippen LogP contribution < -0.4 is 0 Å². The third-order valence-electron chi connectivity index (χ3n) is 2.90. The van der Waals surface area contributed by atoms with Crippen molar-refractivity contribution in [1.82, 2.24) is 0 Å². The van der Waals surface area contributed by atoms with Crippen molar-refractivity contribution in [3.63, 3.8) is 0 Å². The number of carbonyl (C=O) groups is 1. The van der Waals surface area contributed by atoms with E-state index in [9.17, 15) is 18.0 Å². The number of aryl methyl sites for hydroxylation is 2. The second-order valence-electron chi connectivity index (χ2n) is 3.96. The number of ether oxygens (including phenoxy) is 1. The summed E-state index contributed by atoms with van der Waals surface area (Å²) in [7, 11) is 0.808. The second-order valence-corrected chi connectivity index (χ2v) is 4.30. The van der Waals surface area contributed by atoms with Gasteiger partial charge in [-0.15, -0.1) is 0 Å². The van der Waals surface area contributed by atoms with E-state index in [1.54, 1.807) is 13.8 Å². The number of carbonyl (C=O) groups excluding carboxylic acids is 1. The van der Waals surface area contributed by atoms with Crippen LogP contribution in [0, 0.1) is 13.8 Å². The molecule has 0 bridgehead atoms. The molecule has 0 aliphatic carbocycles. The Balaban J connectivity index is 3.53. The summed E-state index contributed by atoms with van der Waals surface area (Å²) in [5.41, 5.74) is -2.00. The van der Waals surface area contributed by atoms with E-state index < -0.39 is 17.0 Å². The van der Waals surface area contributed by atoms with Crippen molar-refractivity contribution in [3.05, 3.63) is 34.9 Å². The molecule has 1 aromatic carbocycles. The topological polar surface area (TPSA) is 26.3 Å². The van der Waals surface area contributed by atoms with Gasteiger partial charge in [0.05, 0.1) is 0 Å². The molecule has 1 atom stereocenters. The lowest BCUT2D eigenvalue weighted by Crippen LogP contribution is -2.49. The molecule has 0 radical (unpaired) electrons. The first-order valence-corrected chi connectivity index (χ1v) is 5.44. The first kappa shape index (κ1) is 15.0. The lowest BCUT2D eigenvalue weighted by molar-refractivity contribution is -0.260. The summed E-state index contributed by atoms with van der Waals surface area (Å²) in [5.74, 6) is 0. The SMILES string of the molecule is COC(C(=O)Cl)(c1ccc(C)c(C)c1)C(F)(F)F. The monoisotopic (exact) mass is 280 g/mol. The van der Waals surface area contributed by atoms with Gasteiger partial charge in [0.1, 0.15) is 0 Å². The molecule has 0 heterocycles. The molecule has 0 saturated carbocycles. The zero-order valence-corrected chi connectivity index (χ0v) is 10.8. The standard InChI is InChI=1S/C12H12ClF3O2/c1-7-4-5-9(6-8(7)2)11(18-3,10(13)17)12(14,15)16/h4-6H,1-3H3. The average Bonchev–Trinajstić information content (AvgIpc) is 2.22. The molecule has 0 aromatic heterocycles. The molecule has 100 valence electrons. The summed E-state index contributed by atoms with van der Waals surface area (Å²) in [6, 6.07) is 3.94. The van der Waals surface area contributed by atoms with Gasteiger partial charge >= 0.3 is 6.18 Å². The number of benzene rings is 1. The highest BCUT2D eigenvalue weighted by atomic mass is 35.5. The number of hydrogen-bond acceptors (Lipinski definition) is 2. The molecule has 0 amide bonds. The number of alkyl halides is 3. The third-order valence-corrected chi connectivity index (χ3v) is 3.16. The van der Waals surface area contributed by atoms with Crippen molar-refractivity contribution >= 4 is 16.8 Å². The minimum absolute atomic E-state index is 0.319. The molecule has 6 heteroatoms. The Kier molecular flexibility index (Phi) is 4.08. The van der Waals surface area contributed by atoms with E-state index in [1.807, 2.05) is 0 Å². The van der Waals surface area contributed by atoms with Gasteiger partial charge in [0.2, 0.25) is 0 Å². The fourth-order valence-corrected chi connectivity index (χ4v) is 1.96. The molecule has 0 N–H and O–H groups in total. The van der Waals surface area contributed by atoms with Gasteiger partial charge in [0.15, 0.2) is 0 Å². The molecule has 1 rings (SSSR count). The quantitative estimate of drug-likeness (QED) is 0.793. The highest BCUT2D eigenvalue weighted by Gasteiger charge is 2.62. The Hall–Kier alpha value is -1.07. The maximum absolute atomic E-state index is 13.1. The zero-order valence-electron chi connectivity index (χ0n) is 10.1. The van der Waals surface area contributed by atoms with E-state index in [4.69, 9.17) is 11.6 Å². The van der Waals surface area contributed by atoms with Crippen molar-refractivity contribution in [2.24, 2.45) is 0 Å². The fraction of sp³-hybridized carbons (Fsp3) is 0.417. The van der Waals surface area contributed by atoms with Crippen LogP contribution in [0.1, 0.15) is 16.7 Å². The molecule has 18 heavy (non-hydrogen) atoms. The Labute approximate surface area is 108 Å². The largest absolute Gasteiger partial charge is 0.430 e. The van der Waals surface area contributed by atoms with Crippen LogP contribution in [0.5, 0.6) is 0 Å². The van der Waals surface area contributed by atoms with E-state index in [0.29, 0.717) is 5.56 Å². The summed E-state index contributed by atoms with van der Waals surface area (Å²) in [6.45, 7) is 3.40. The second kappa shape index (κ2) is 4.90. The van der Waals surface area contributed by atoms with E-state index >= 15 is 0 Å². The molecule has 1 unspecified atom stereocenters. The first-order chi connectivity index (χ1) is 8.16. The Bertz CT molecular complexity index is 471. The lowest BCUT2D eigenvalue weighted by atomic mass is 9.91. The van der Waals surface area contributed by atoms with Crippen LogP contribution in [0.15, 0.2) is 18.2 Å². The zero-order chi connectivity index (χ0) is 14.1. The summed E-state index contributed by atoms with van der Waals surface area (Å²) in [5, 5.41) is -1.61. The van der Waals surface area contributed by atoms with Crippen molar-refractivity contribution in [2.75, 3.05) is 7.11 Å². The van der Waals surface area contributed by atoms with Gasteiger partial charge in [-0.2, -0.15) is 13.2 Å². The van der Waals surface area contributed by atoms with Gasteiger partial charge in [0.25, 0.3) is 10.8 Å². The van der Waals surface area contributed by atoms with Gasteiger partial charge in [-0.1, -0.05) is 18.2 Å². The van der Waals surface area contributed by atoms with Crippen LogP contribution in [0.25, 0.3) is 0 Å². The van der Waals surface area contributed by atoms with Crippen molar-refractivity contribution in [2.45, 2.75) is 25.6 Å². The highest BCUT2D eigenvalue weighted by Crippen LogP contribution is 2.43. The van der Waals surface area contributed by atoms with Crippen LogP contribution in [0.2, 0.25) is 0 Å². The molecule has 0 aliphatic heterocycles. The van der Waals surface area contributed by atoms with Gasteiger partial charge in [-0.25, -0.2) is 0 Å². The lowest BCUT2D eigenvalue weighted by Gasteiger charge is -2.31. The molecule has 0 aliphatic rings. The van der Waals surface area contributed by atoms with Gasteiger partial charge in [-0.3, -0.25) is 4.79 Å². The van der Waals surface area contributed by atoms with Crippen molar-refractivity contribution in [3.8, 4) is 0 Å². The smallest absolute Gasteiger partial charge is 0.357 e. The third kappa shape index (κ3) is 2.24. The molecule has 1 aromatic rings. The maximum Gasteiger partial charge on any atom is 0.430 e. The molecular formula is C12H12ClF3O2. The van der Waals surface area contributed by atoms with Crippen LogP contribution >= 0.6 is 11.6 Å². The van der Waals surface area contributed by atoms with Crippen LogP contribution in [0.3, 0.4) is 0 Å². The van der Waals surface area contributed by atoms with E-state index in [0.717, 1.165) is 12.7 Å². The Morgan fingerprint density at radius 1 is 1.22 bits per heavy atom. The summed E-state index contributed by atoms with van der Waals surface area (Å²) in [4.78, 5) is 11.3. The molecule has 2 nitrogen and oxygen atoms in total. The van der Waals surface area contributed by atoms with Crippen LogP contribution in [-0.2, 0) is 15.1 Å². The van der Waals surface area contributed by atoms with Gasteiger partial charge in [-0.05, 0) is 36.6 Å². The van der Waals surface area contributed by atoms with Gasteiger partial charge < -0.3 is 4.74 Å². The predicted octanol–water partition coefficient (Wildman–Crippen LogP) is 3.47. The number of rotatable bonds is 3. The summed E-state index contributed by atoms with van der Waals surface area (Å²) >= 11 is 5.13. The minimum atomic E-state index is -4.93. The number of halogens is 4. The summed E-state index contributed by atoms with van der Waals surface area (Å²) < 4.78 is 43.8. The highest BCUT2D eigenvalue weighted by molar-refractivity contribution is 6.65. The molecule has 0 saturated heterocycles. The van der Waals surface area contributed by atoms with Crippen molar-refractivity contribution < 1.29 is 22.7 Å². The Morgan fingerprint density at radius 2 is 1.78 bits per heavy atom. The van der Waals surface area contributed by atoms with Crippen molar-refractivity contribution in [1.29, 1.82) is 0 Å².